The molecule has 0 bridgehead atoms. The van der Waals surface area contributed by atoms with Gasteiger partial charge in [-0.1, -0.05) is 6.92 Å². The van der Waals surface area contributed by atoms with Crippen molar-refractivity contribution in [1.29, 1.82) is 0 Å². The Kier molecular flexibility index (Phi) is 4.27. The maximum Gasteiger partial charge on any atom is 0.240 e. The van der Waals surface area contributed by atoms with Gasteiger partial charge in [0.05, 0.1) is 5.69 Å². The molecule has 0 spiro atoms. The van der Waals surface area contributed by atoms with Gasteiger partial charge in [0, 0.05) is 29.8 Å². The smallest absolute Gasteiger partial charge is 0.240 e. The van der Waals surface area contributed by atoms with E-state index in [-0.39, 0.29) is 4.90 Å². The number of nitrogen functional groups attached to an aromatic ring is 1. The molecule has 1 heterocycles. The van der Waals surface area contributed by atoms with Crippen LogP contribution in [-0.2, 0) is 10.0 Å². The van der Waals surface area contributed by atoms with Gasteiger partial charge in [-0.3, -0.25) is 0 Å². The second kappa shape index (κ2) is 5.60. The van der Waals surface area contributed by atoms with Crippen molar-refractivity contribution in [3.63, 3.8) is 0 Å². The molecule has 1 aromatic rings. The van der Waals surface area contributed by atoms with Crippen LogP contribution in [0.2, 0.25) is 0 Å². The van der Waals surface area contributed by atoms with Crippen molar-refractivity contribution in [2.24, 2.45) is 5.14 Å². The Morgan fingerprint density at radius 2 is 2.21 bits per heavy atom. The van der Waals surface area contributed by atoms with Crippen LogP contribution in [0.25, 0.3) is 0 Å². The summed E-state index contributed by atoms with van der Waals surface area (Å²) in [5, 5.41) is 5.81. The van der Waals surface area contributed by atoms with Crippen LogP contribution in [-0.4, -0.2) is 32.5 Å². The lowest BCUT2D eigenvalue weighted by molar-refractivity contribution is 0.597. The van der Waals surface area contributed by atoms with Crippen molar-refractivity contribution in [3.8, 4) is 0 Å². The number of nitrogens with two attached hydrogens (primary N) is 2. The lowest BCUT2D eigenvalue weighted by Gasteiger charge is -2.34. The van der Waals surface area contributed by atoms with Gasteiger partial charge in [-0.25, -0.2) is 13.6 Å². The van der Waals surface area contributed by atoms with Crippen LogP contribution in [0, 0.1) is 0 Å². The summed E-state index contributed by atoms with van der Waals surface area (Å²) in [5.41, 5.74) is 6.74. The Balaban J connectivity index is 2.39. The molecular formula is C12H19N3O2S2. The molecule has 106 valence electrons. The first kappa shape index (κ1) is 14.5. The van der Waals surface area contributed by atoms with E-state index < -0.39 is 10.0 Å². The molecule has 0 saturated carbocycles. The number of hydrogen-bond donors (Lipinski definition) is 2. The Morgan fingerprint density at radius 1 is 1.47 bits per heavy atom. The van der Waals surface area contributed by atoms with Gasteiger partial charge in [-0.05, 0) is 24.6 Å². The maximum atomic E-state index is 11.7. The van der Waals surface area contributed by atoms with Crippen molar-refractivity contribution < 1.29 is 8.42 Å². The molecule has 0 amide bonds. The molecule has 1 unspecified atom stereocenters. The fourth-order valence-electron chi connectivity index (χ4n) is 2.20. The van der Waals surface area contributed by atoms with Crippen LogP contribution in [0.5, 0.6) is 0 Å². The van der Waals surface area contributed by atoms with E-state index in [0.29, 0.717) is 16.6 Å². The molecule has 1 saturated heterocycles. The van der Waals surface area contributed by atoms with E-state index in [4.69, 9.17) is 10.9 Å². The largest absolute Gasteiger partial charge is 0.399 e. The monoisotopic (exact) mass is 301 g/mol. The predicted molar refractivity (Wildman–Crippen MR) is 81.0 cm³/mol. The second-order valence-corrected chi connectivity index (χ2v) is 7.56. The van der Waals surface area contributed by atoms with Crippen molar-refractivity contribution in [2.75, 3.05) is 29.5 Å². The maximum absolute atomic E-state index is 11.7. The molecule has 1 aromatic carbocycles. The van der Waals surface area contributed by atoms with E-state index >= 15 is 0 Å². The average molecular weight is 301 g/mol. The average Bonchev–Trinajstić information content (AvgIpc) is 2.37. The highest BCUT2D eigenvalue weighted by Crippen LogP contribution is 2.31. The van der Waals surface area contributed by atoms with E-state index in [2.05, 4.69) is 11.8 Å². The number of hydrogen-bond acceptors (Lipinski definition) is 5. The first-order valence-corrected chi connectivity index (χ1v) is 8.80. The van der Waals surface area contributed by atoms with Crippen LogP contribution in [0.1, 0.15) is 13.3 Å². The molecule has 0 aromatic heterocycles. The summed E-state index contributed by atoms with van der Waals surface area (Å²) >= 11 is 1.93. The molecule has 1 atom stereocenters. The summed E-state index contributed by atoms with van der Waals surface area (Å²) in [7, 11) is -3.76. The fourth-order valence-corrected chi connectivity index (χ4v) is 4.17. The third-order valence-electron chi connectivity index (χ3n) is 3.23. The van der Waals surface area contributed by atoms with Crippen molar-refractivity contribution in [3.05, 3.63) is 18.2 Å². The zero-order valence-corrected chi connectivity index (χ0v) is 12.5. The molecule has 7 heteroatoms. The predicted octanol–water partition coefficient (Wildman–Crippen LogP) is 1.25. The molecular weight excluding hydrogens is 282 g/mol. The Bertz CT molecular complexity index is 560. The van der Waals surface area contributed by atoms with Crippen LogP contribution in [0.4, 0.5) is 11.4 Å². The summed E-state index contributed by atoms with van der Waals surface area (Å²) in [5.74, 6) is 0.993. The standard InChI is InChI=1S/C12H19N3O2S2/c1-2-10-8-15(5-6-18-10)11-4-3-9(13)7-12(11)19(14,16)17/h3-4,7,10H,2,5-6,8,13H2,1H3,(H2,14,16,17). The van der Waals surface area contributed by atoms with Gasteiger partial charge < -0.3 is 10.6 Å². The van der Waals surface area contributed by atoms with Crippen LogP contribution < -0.4 is 15.8 Å². The van der Waals surface area contributed by atoms with Crippen LogP contribution in [0.3, 0.4) is 0 Å². The van der Waals surface area contributed by atoms with Gasteiger partial charge in [0.25, 0.3) is 0 Å². The van der Waals surface area contributed by atoms with E-state index in [1.54, 1.807) is 12.1 Å². The molecule has 1 aliphatic rings. The first-order valence-electron chi connectivity index (χ1n) is 6.20. The molecule has 2 rings (SSSR count). The zero-order chi connectivity index (χ0) is 14.0. The molecule has 4 N–H and O–H groups in total. The van der Waals surface area contributed by atoms with Gasteiger partial charge >= 0.3 is 0 Å². The highest BCUT2D eigenvalue weighted by Gasteiger charge is 2.24. The van der Waals surface area contributed by atoms with Gasteiger partial charge in [0.1, 0.15) is 4.90 Å². The summed E-state index contributed by atoms with van der Waals surface area (Å²) in [6.07, 6.45) is 1.07. The van der Waals surface area contributed by atoms with E-state index in [1.165, 1.54) is 6.07 Å². The summed E-state index contributed by atoms with van der Waals surface area (Å²) < 4.78 is 23.4. The molecule has 1 aliphatic heterocycles. The van der Waals surface area contributed by atoms with Gasteiger partial charge in [-0.2, -0.15) is 11.8 Å². The number of nitrogens with zero attached hydrogens (tertiary/aromatic N) is 1. The van der Waals surface area contributed by atoms with E-state index in [0.717, 1.165) is 25.3 Å². The number of thioether (sulfide) groups is 1. The molecule has 19 heavy (non-hydrogen) atoms. The lowest BCUT2D eigenvalue weighted by atomic mass is 10.2. The quantitative estimate of drug-likeness (QED) is 0.820. The molecule has 1 fully saturated rings. The minimum absolute atomic E-state index is 0.120. The number of anilines is 2. The van der Waals surface area contributed by atoms with Crippen LogP contribution >= 0.6 is 11.8 Å². The third-order valence-corrected chi connectivity index (χ3v) is 5.54. The van der Waals surface area contributed by atoms with E-state index in [1.807, 2.05) is 11.8 Å². The molecule has 5 nitrogen and oxygen atoms in total. The minimum Gasteiger partial charge on any atom is -0.399 e. The van der Waals surface area contributed by atoms with Crippen LogP contribution in [0.15, 0.2) is 23.1 Å². The summed E-state index contributed by atoms with van der Waals surface area (Å²) in [6.45, 7) is 3.81. The van der Waals surface area contributed by atoms with Gasteiger partial charge in [-0.15, -0.1) is 0 Å². The Morgan fingerprint density at radius 3 is 2.84 bits per heavy atom. The molecule has 0 radical (unpaired) electrons. The number of rotatable bonds is 3. The zero-order valence-electron chi connectivity index (χ0n) is 10.9. The highest BCUT2D eigenvalue weighted by atomic mass is 32.2. The van der Waals surface area contributed by atoms with E-state index in [9.17, 15) is 8.42 Å². The third kappa shape index (κ3) is 3.34. The minimum atomic E-state index is -3.76. The number of sulfonamides is 1. The summed E-state index contributed by atoms with van der Waals surface area (Å²) in [4.78, 5) is 2.21. The Labute approximate surface area is 118 Å². The fraction of sp³-hybridized carbons (Fsp3) is 0.500. The van der Waals surface area contributed by atoms with Crippen molar-refractivity contribution >= 4 is 33.2 Å². The lowest BCUT2D eigenvalue weighted by Crippen LogP contribution is -2.38. The Hall–Kier alpha value is -0.920. The van der Waals surface area contributed by atoms with Gasteiger partial charge in [0.15, 0.2) is 0 Å². The van der Waals surface area contributed by atoms with Crippen molar-refractivity contribution in [2.45, 2.75) is 23.5 Å². The summed E-state index contributed by atoms with van der Waals surface area (Å²) in [6, 6.07) is 4.90. The normalized spacial score (nSPS) is 20.5. The SMILES string of the molecule is CCC1CN(c2ccc(N)cc2S(N)(=O)=O)CCS1. The first-order chi connectivity index (χ1) is 8.91. The highest BCUT2D eigenvalue weighted by molar-refractivity contribution is 8.00. The number of benzene rings is 1. The van der Waals surface area contributed by atoms with Gasteiger partial charge in [0.2, 0.25) is 10.0 Å². The topological polar surface area (TPSA) is 89.4 Å². The molecule has 0 aliphatic carbocycles. The van der Waals surface area contributed by atoms with Crippen molar-refractivity contribution in [1.82, 2.24) is 0 Å². The number of primary sulfonamides is 1. The second-order valence-electron chi connectivity index (χ2n) is 4.62.